The van der Waals surface area contributed by atoms with Crippen LogP contribution in [0, 0.1) is 5.92 Å². The molecule has 1 N–H and O–H groups in total. The third-order valence-corrected chi connectivity index (χ3v) is 4.30. The Balaban J connectivity index is 1.54. The molecule has 3 heteroatoms. The molecule has 2 aliphatic rings. The Bertz CT molecular complexity index is 452. The van der Waals surface area contributed by atoms with E-state index in [2.05, 4.69) is 17.4 Å². The van der Waals surface area contributed by atoms with E-state index < -0.39 is 0 Å². The number of hydrogen-bond donors (Lipinski definition) is 1. The smallest absolute Gasteiger partial charge is 0.323 e. The highest BCUT2D eigenvalue weighted by Crippen LogP contribution is 2.25. The molecule has 0 saturated heterocycles. The molecular weight excluding hydrogens is 238 g/mol. The summed E-state index contributed by atoms with van der Waals surface area (Å²) < 4.78 is 5.48. The highest BCUT2D eigenvalue weighted by molar-refractivity contribution is 5.76. The summed E-state index contributed by atoms with van der Waals surface area (Å²) in [4.78, 5) is 12.1. The molecule has 0 spiro atoms. The van der Waals surface area contributed by atoms with Gasteiger partial charge in [0.05, 0.1) is 6.61 Å². The van der Waals surface area contributed by atoms with Crippen molar-refractivity contribution < 1.29 is 9.53 Å². The fourth-order valence-corrected chi connectivity index (χ4v) is 3.10. The van der Waals surface area contributed by atoms with Crippen molar-refractivity contribution in [3.05, 3.63) is 35.4 Å². The Hall–Kier alpha value is -1.35. The predicted molar refractivity (Wildman–Crippen MR) is 73.7 cm³/mol. The van der Waals surface area contributed by atoms with Crippen LogP contribution in [0.4, 0.5) is 0 Å². The first-order valence-corrected chi connectivity index (χ1v) is 7.30. The topological polar surface area (TPSA) is 38.3 Å². The van der Waals surface area contributed by atoms with Gasteiger partial charge in [0.1, 0.15) is 6.04 Å². The molecule has 1 aromatic rings. The molecule has 1 fully saturated rings. The van der Waals surface area contributed by atoms with Gasteiger partial charge in [-0.1, -0.05) is 37.1 Å². The summed E-state index contributed by atoms with van der Waals surface area (Å²) in [6.07, 6.45) is 5.76. The van der Waals surface area contributed by atoms with E-state index in [1.807, 2.05) is 12.1 Å². The van der Waals surface area contributed by atoms with Crippen LogP contribution in [0.25, 0.3) is 0 Å². The maximum Gasteiger partial charge on any atom is 0.323 e. The van der Waals surface area contributed by atoms with Gasteiger partial charge in [0.15, 0.2) is 0 Å². The zero-order valence-electron chi connectivity index (χ0n) is 11.2. The minimum Gasteiger partial charge on any atom is -0.464 e. The van der Waals surface area contributed by atoms with E-state index in [1.165, 1.54) is 36.8 Å². The number of ether oxygens (including phenoxy) is 1. The molecule has 0 unspecified atom stereocenters. The van der Waals surface area contributed by atoms with E-state index >= 15 is 0 Å². The summed E-state index contributed by atoms with van der Waals surface area (Å²) in [6.45, 7) is 1.37. The highest BCUT2D eigenvalue weighted by atomic mass is 16.5. The standard InChI is InChI=1S/C16H21NO2/c18-16(19-11-12-5-1-2-6-12)15-9-13-7-3-4-8-14(13)10-17-15/h3-4,7-8,12,15,17H,1-2,5-6,9-11H2/t15-/m0/s1. The Morgan fingerprint density at radius 1 is 1.21 bits per heavy atom. The predicted octanol–water partition coefficient (Wildman–Crippen LogP) is 2.43. The van der Waals surface area contributed by atoms with E-state index in [0.29, 0.717) is 12.5 Å². The van der Waals surface area contributed by atoms with Gasteiger partial charge in [0.2, 0.25) is 0 Å². The molecule has 1 atom stereocenters. The number of nitrogens with one attached hydrogen (secondary N) is 1. The van der Waals surface area contributed by atoms with Gasteiger partial charge in [-0.05, 0) is 36.3 Å². The van der Waals surface area contributed by atoms with Crippen LogP contribution in [-0.2, 0) is 22.5 Å². The molecule has 3 nitrogen and oxygen atoms in total. The van der Waals surface area contributed by atoms with Crippen molar-refractivity contribution in [1.82, 2.24) is 5.32 Å². The quantitative estimate of drug-likeness (QED) is 0.847. The summed E-state index contributed by atoms with van der Waals surface area (Å²) in [5.74, 6) is 0.515. The second-order valence-corrected chi connectivity index (χ2v) is 5.69. The number of fused-ring (bicyclic) bond motifs is 1. The molecular formula is C16H21NO2. The maximum atomic E-state index is 12.1. The lowest BCUT2D eigenvalue weighted by atomic mass is 9.96. The van der Waals surface area contributed by atoms with Crippen molar-refractivity contribution in [1.29, 1.82) is 0 Å². The van der Waals surface area contributed by atoms with Gasteiger partial charge < -0.3 is 10.1 Å². The molecule has 1 aromatic carbocycles. The van der Waals surface area contributed by atoms with Crippen LogP contribution in [0.5, 0.6) is 0 Å². The van der Waals surface area contributed by atoms with Crippen LogP contribution in [0.15, 0.2) is 24.3 Å². The monoisotopic (exact) mass is 259 g/mol. The minimum atomic E-state index is -0.170. The molecule has 0 aromatic heterocycles. The Labute approximate surface area is 114 Å². The summed E-state index contributed by atoms with van der Waals surface area (Å²) >= 11 is 0. The highest BCUT2D eigenvalue weighted by Gasteiger charge is 2.26. The van der Waals surface area contributed by atoms with Crippen LogP contribution in [0.2, 0.25) is 0 Å². The summed E-state index contributed by atoms with van der Waals surface area (Å²) in [5.41, 5.74) is 2.56. The van der Waals surface area contributed by atoms with Gasteiger partial charge in [-0.3, -0.25) is 4.79 Å². The molecule has 0 amide bonds. The minimum absolute atomic E-state index is 0.0820. The maximum absolute atomic E-state index is 12.1. The third-order valence-electron chi connectivity index (χ3n) is 4.30. The van der Waals surface area contributed by atoms with Crippen molar-refractivity contribution >= 4 is 5.97 Å². The van der Waals surface area contributed by atoms with Gasteiger partial charge in [0, 0.05) is 6.54 Å². The lowest BCUT2D eigenvalue weighted by Crippen LogP contribution is -2.43. The second kappa shape index (κ2) is 5.74. The number of rotatable bonds is 3. The van der Waals surface area contributed by atoms with E-state index in [0.717, 1.165) is 13.0 Å². The molecule has 1 saturated carbocycles. The fraction of sp³-hybridized carbons (Fsp3) is 0.562. The molecule has 102 valence electrons. The van der Waals surface area contributed by atoms with Crippen LogP contribution in [0.1, 0.15) is 36.8 Å². The van der Waals surface area contributed by atoms with Crippen molar-refractivity contribution in [3.63, 3.8) is 0 Å². The van der Waals surface area contributed by atoms with Gasteiger partial charge in [-0.25, -0.2) is 0 Å². The summed E-state index contributed by atoms with van der Waals surface area (Å²) in [7, 11) is 0. The van der Waals surface area contributed by atoms with Gasteiger partial charge in [-0.2, -0.15) is 0 Å². The lowest BCUT2D eigenvalue weighted by Gasteiger charge is -2.25. The average molecular weight is 259 g/mol. The molecule has 0 radical (unpaired) electrons. The lowest BCUT2D eigenvalue weighted by molar-refractivity contribution is -0.147. The zero-order valence-corrected chi connectivity index (χ0v) is 11.2. The van der Waals surface area contributed by atoms with Gasteiger partial charge in [0.25, 0.3) is 0 Å². The van der Waals surface area contributed by atoms with E-state index in [1.54, 1.807) is 0 Å². The second-order valence-electron chi connectivity index (χ2n) is 5.69. The molecule has 19 heavy (non-hydrogen) atoms. The Kier molecular flexibility index (Phi) is 3.83. The molecule has 3 rings (SSSR count). The number of benzene rings is 1. The van der Waals surface area contributed by atoms with Crippen molar-refractivity contribution in [2.24, 2.45) is 5.92 Å². The van der Waals surface area contributed by atoms with E-state index in [4.69, 9.17) is 4.74 Å². The normalized spacial score (nSPS) is 23.1. The summed E-state index contributed by atoms with van der Waals surface area (Å²) in [5, 5.41) is 3.28. The van der Waals surface area contributed by atoms with Crippen molar-refractivity contribution in [2.45, 2.75) is 44.7 Å². The molecule has 1 heterocycles. The number of esters is 1. The fourth-order valence-electron chi connectivity index (χ4n) is 3.10. The van der Waals surface area contributed by atoms with Gasteiger partial charge >= 0.3 is 5.97 Å². The largest absolute Gasteiger partial charge is 0.464 e. The van der Waals surface area contributed by atoms with Gasteiger partial charge in [-0.15, -0.1) is 0 Å². The SMILES string of the molecule is O=C(OCC1CCCC1)[C@@H]1Cc2ccccc2CN1. The molecule has 0 bridgehead atoms. The Morgan fingerprint density at radius 2 is 1.95 bits per heavy atom. The van der Waals surface area contributed by atoms with Crippen LogP contribution in [0.3, 0.4) is 0 Å². The van der Waals surface area contributed by atoms with Crippen molar-refractivity contribution in [3.8, 4) is 0 Å². The first-order valence-electron chi connectivity index (χ1n) is 7.30. The number of carbonyl (C=O) groups is 1. The first-order chi connectivity index (χ1) is 9.33. The average Bonchev–Trinajstić information content (AvgIpc) is 2.97. The molecule has 1 aliphatic heterocycles. The number of hydrogen-bond acceptors (Lipinski definition) is 3. The van der Waals surface area contributed by atoms with Crippen LogP contribution >= 0.6 is 0 Å². The van der Waals surface area contributed by atoms with E-state index in [9.17, 15) is 4.79 Å². The third kappa shape index (κ3) is 2.98. The number of carbonyl (C=O) groups excluding carboxylic acids is 1. The van der Waals surface area contributed by atoms with E-state index in [-0.39, 0.29) is 12.0 Å². The van der Waals surface area contributed by atoms with Crippen molar-refractivity contribution in [2.75, 3.05) is 6.61 Å². The van der Waals surface area contributed by atoms with Crippen LogP contribution < -0.4 is 5.32 Å². The zero-order chi connectivity index (χ0) is 13.1. The summed E-state index contributed by atoms with van der Waals surface area (Å²) in [6, 6.07) is 8.12. The molecule has 1 aliphatic carbocycles. The Morgan fingerprint density at radius 3 is 2.74 bits per heavy atom. The first kappa shape index (κ1) is 12.7. The van der Waals surface area contributed by atoms with Crippen LogP contribution in [-0.4, -0.2) is 18.6 Å².